The summed E-state index contributed by atoms with van der Waals surface area (Å²) in [6, 6.07) is 9.33. The van der Waals surface area contributed by atoms with Crippen molar-refractivity contribution in [2.75, 3.05) is 0 Å². The number of nitrogens with one attached hydrogen (secondary N) is 3. The number of hydrogen-bond acceptors (Lipinski definition) is 4. The van der Waals surface area contributed by atoms with Crippen molar-refractivity contribution in [2.45, 2.75) is 39.2 Å². The average Bonchev–Trinajstić information content (AvgIpc) is 2.99. The summed E-state index contributed by atoms with van der Waals surface area (Å²) in [7, 11) is 0. The number of H-pyrrole nitrogens is 2. The SMILES string of the molecule is CC(=O)N[C@H](Cc1ccccc1)c1nc2c(C(C)C)n[nH]c2c(=O)[nH]1. The topological polar surface area (TPSA) is 104 Å². The van der Waals surface area contributed by atoms with Gasteiger partial charge >= 0.3 is 0 Å². The third-order valence-electron chi connectivity index (χ3n) is 4.01. The molecule has 1 aromatic carbocycles. The lowest BCUT2D eigenvalue weighted by Gasteiger charge is -2.17. The fourth-order valence-electron chi connectivity index (χ4n) is 2.83. The van der Waals surface area contributed by atoms with Gasteiger partial charge in [-0.15, -0.1) is 0 Å². The largest absolute Gasteiger partial charge is 0.346 e. The first-order chi connectivity index (χ1) is 12.0. The Morgan fingerprint density at radius 1 is 1.24 bits per heavy atom. The van der Waals surface area contributed by atoms with Crippen LogP contribution in [0.3, 0.4) is 0 Å². The molecule has 1 atom stereocenters. The van der Waals surface area contributed by atoms with E-state index in [1.165, 1.54) is 6.92 Å². The van der Waals surface area contributed by atoms with E-state index >= 15 is 0 Å². The van der Waals surface area contributed by atoms with Crippen LogP contribution in [0.2, 0.25) is 0 Å². The summed E-state index contributed by atoms with van der Waals surface area (Å²) in [4.78, 5) is 31.4. The van der Waals surface area contributed by atoms with E-state index in [9.17, 15) is 9.59 Å². The van der Waals surface area contributed by atoms with Crippen molar-refractivity contribution in [3.05, 3.63) is 57.8 Å². The molecule has 3 aromatic rings. The van der Waals surface area contributed by atoms with Crippen LogP contribution in [0, 0.1) is 0 Å². The molecule has 0 unspecified atom stereocenters. The second kappa shape index (κ2) is 6.88. The van der Waals surface area contributed by atoms with E-state index in [1.54, 1.807) is 0 Å². The molecular weight excluding hydrogens is 318 g/mol. The van der Waals surface area contributed by atoms with Gasteiger partial charge in [0.2, 0.25) is 5.91 Å². The van der Waals surface area contributed by atoms with Crippen LogP contribution in [0.4, 0.5) is 0 Å². The number of aromatic nitrogens is 4. The van der Waals surface area contributed by atoms with Crippen LogP contribution in [-0.2, 0) is 11.2 Å². The third kappa shape index (κ3) is 3.60. The highest BCUT2D eigenvalue weighted by Gasteiger charge is 2.20. The maximum Gasteiger partial charge on any atom is 0.276 e. The number of rotatable bonds is 5. The van der Waals surface area contributed by atoms with Crippen LogP contribution in [0.5, 0.6) is 0 Å². The minimum atomic E-state index is -0.424. The monoisotopic (exact) mass is 339 g/mol. The molecule has 0 spiro atoms. The van der Waals surface area contributed by atoms with Gasteiger partial charge in [0.1, 0.15) is 16.9 Å². The van der Waals surface area contributed by atoms with Crippen LogP contribution in [-0.4, -0.2) is 26.1 Å². The summed E-state index contributed by atoms with van der Waals surface area (Å²) in [5.74, 6) is 0.379. The van der Waals surface area contributed by atoms with Crippen molar-refractivity contribution in [3.63, 3.8) is 0 Å². The molecule has 1 amide bonds. The predicted molar refractivity (Wildman–Crippen MR) is 95.3 cm³/mol. The quantitative estimate of drug-likeness (QED) is 0.663. The fraction of sp³-hybridized carbons (Fsp3) is 0.333. The van der Waals surface area contributed by atoms with Crippen molar-refractivity contribution in [3.8, 4) is 0 Å². The van der Waals surface area contributed by atoms with E-state index in [2.05, 4.69) is 25.5 Å². The smallest absolute Gasteiger partial charge is 0.276 e. The normalized spacial score (nSPS) is 12.5. The molecule has 0 saturated carbocycles. The molecule has 2 heterocycles. The summed E-state index contributed by atoms with van der Waals surface area (Å²) in [5.41, 5.74) is 2.40. The number of carbonyl (C=O) groups is 1. The highest BCUT2D eigenvalue weighted by Crippen LogP contribution is 2.21. The number of hydrogen-bond donors (Lipinski definition) is 3. The van der Waals surface area contributed by atoms with Crippen molar-refractivity contribution in [1.29, 1.82) is 0 Å². The number of benzene rings is 1. The highest BCUT2D eigenvalue weighted by molar-refractivity contribution is 5.76. The van der Waals surface area contributed by atoms with Gasteiger partial charge in [-0.3, -0.25) is 14.7 Å². The van der Waals surface area contributed by atoms with Gasteiger partial charge in [0, 0.05) is 6.92 Å². The second-order valence-electron chi connectivity index (χ2n) is 6.38. The van der Waals surface area contributed by atoms with E-state index in [0.29, 0.717) is 23.3 Å². The van der Waals surface area contributed by atoms with Crippen molar-refractivity contribution in [2.24, 2.45) is 0 Å². The lowest BCUT2D eigenvalue weighted by molar-refractivity contribution is -0.119. The predicted octanol–water partition coefficient (Wildman–Crippen LogP) is 2.19. The Bertz CT molecular complexity index is 943. The van der Waals surface area contributed by atoms with Gasteiger partial charge in [-0.1, -0.05) is 44.2 Å². The van der Waals surface area contributed by atoms with Gasteiger partial charge in [-0.2, -0.15) is 5.10 Å². The Labute approximate surface area is 144 Å². The van der Waals surface area contributed by atoms with Crippen LogP contribution in [0.15, 0.2) is 35.1 Å². The Kier molecular flexibility index (Phi) is 4.65. The van der Waals surface area contributed by atoms with Gasteiger partial charge in [0.15, 0.2) is 0 Å². The molecule has 0 fully saturated rings. The first-order valence-corrected chi connectivity index (χ1v) is 8.25. The summed E-state index contributed by atoms with van der Waals surface area (Å²) < 4.78 is 0. The van der Waals surface area contributed by atoms with Gasteiger partial charge in [-0.25, -0.2) is 4.98 Å². The molecular formula is C18H21N5O2. The third-order valence-corrected chi connectivity index (χ3v) is 4.01. The van der Waals surface area contributed by atoms with Crippen LogP contribution >= 0.6 is 0 Å². The summed E-state index contributed by atoms with van der Waals surface area (Å²) in [6.45, 7) is 5.44. The molecule has 3 rings (SSSR count). The number of carbonyl (C=O) groups excluding carboxylic acids is 1. The van der Waals surface area contributed by atoms with E-state index in [4.69, 9.17) is 0 Å². The van der Waals surface area contributed by atoms with E-state index in [0.717, 1.165) is 11.3 Å². The molecule has 130 valence electrons. The zero-order chi connectivity index (χ0) is 18.0. The number of fused-ring (bicyclic) bond motifs is 1. The van der Waals surface area contributed by atoms with E-state index < -0.39 is 6.04 Å². The zero-order valence-corrected chi connectivity index (χ0v) is 14.5. The molecule has 2 aromatic heterocycles. The highest BCUT2D eigenvalue weighted by atomic mass is 16.1. The summed E-state index contributed by atoms with van der Waals surface area (Å²) in [5, 5.41) is 9.83. The molecule has 0 saturated heterocycles. The van der Waals surface area contributed by atoms with Crippen molar-refractivity contribution < 1.29 is 4.79 Å². The van der Waals surface area contributed by atoms with Crippen LogP contribution in [0.25, 0.3) is 11.0 Å². The minimum absolute atomic E-state index is 0.129. The Hall–Kier alpha value is -2.96. The molecule has 0 bridgehead atoms. The zero-order valence-electron chi connectivity index (χ0n) is 14.5. The molecule has 7 nitrogen and oxygen atoms in total. The number of nitrogens with zero attached hydrogens (tertiary/aromatic N) is 2. The maximum atomic E-state index is 12.4. The Balaban J connectivity index is 2.07. The Morgan fingerprint density at radius 3 is 2.60 bits per heavy atom. The standard InChI is InChI=1S/C18H21N5O2/c1-10(2)14-15-16(23-22-14)18(25)21-17(20-15)13(19-11(3)24)9-12-7-5-4-6-8-12/h4-8,10,13H,9H2,1-3H3,(H,19,24)(H,22,23)(H,20,21,25)/t13-/m1/s1. The molecule has 7 heteroatoms. The number of amides is 1. The molecule has 0 radical (unpaired) electrons. The molecule has 3 N–H and O–H groups in total. The summed E-state index contributed by atoms with van der Waals surface area (Å²) in [6.07, 6.45) is 0.531. The molecule has 0 aliphatic rings. The van der Waals surface area contributed by atoms with Gasteiger partial charge in [-0.05, 0) is 17.9 Å². The fourth-order valence-corrected chi connectivity index (χ4v) is 2.83. The maximum absolute atomic E-state index is 12.4. The van der Waals surface area contributed by atoms with Crippen LogP contribution < -0.4 is 10.9 Å². The lowest BCUT2D eigenvalue weighted by atomic mass is 10.0. The summed E-state index contributed by atoms with van der Waals surface area (Å²) >= 11 is 0. The molecule has 0 aliphatic heterocycles. The molecule has 25 heavy (non-hydrogen) atoms. The average molecular weight is 339 g/mol. The Morgan fingerprint density at radius 2 is 1.96 bits per heavy atom. The van der Waals surface area contributed by atoms with Crippen LogP contribution in [0.1, 0.15) is 49.8 Å². The van der Waals surface area contributed by atoms with Crippen molar-refractivity contribution >= 4 is 16.9 Å². The van der Waals surface area contributed by atoms with Gasteiger partial charge in [0.05, 0.1) is 11.7 Å². The van der Waals surface area contributed by atoms with Crippen molar-refractivity contribution in [1.82, 2.24) is 25.5 Å². The van der Waals surface area contributed by atoms with Gasteiger partial charge in [0.25, 0.3) is 5.56 Å². The lowest BCUT2D eigenvalue weighted by Crippen LogP contribution is -2.30. The van der Waals surface area contributed by atoms with E-state index in [1.807, 2.05) is 44.2 Å². The number of aromatic amines is 2. The first-order valence-electron chi connectivity index (χ1n) is 8.25. The molecule has 0 aliphatic carbocycles. The first kappa shape index (κ1) is 16.9. The van der Waals surface area contributed by atoms with E-state index in [-0.39, 0.29) is 17.4 Å². The minimum Gasteiger partial charge on any atom is -0.346 e. The second-order valence-corrected chi connectivity index (χ2v) is 6.38. The van der Waals surface area contributed by atoms with Gasteiger partial charge < -0.3 is 10.3 Å².